The molecule has 1 aliphatic heterocycles. The second-order valence-corrected chi connectivity index (χ2v) is 5.78. The van der Waals surface area contributed by atoms with E-state index in [4.69, 9.17) is 0 Å². The topological polar surface area (TPSA) is 29.1 Å². The number of hydrogen-bond acceptors (Lipinski definition) is 1. The van der Waals surface area contributed by atoms with Gasteiger partial charge in [-0.25, -0.2) is 0 Å². The normalized spacial score (nSPS) is 14.0. The maximum atomic E-state index is 11.3. The Labute approximate surface area is 160 Å². The third kappa shape index (κ3) is 19.3. The van der Waals surface area contributed by atoms with E-state index < -0.39 is 0 Å². The molecule has 1 saturated heterocycles. The Morgan fingerprint density at radius 1 is 0.577 bits per heavy atom. The van der Waals surface area contributed by atoms with Crippen LogP contribution in [-0.4, -0.2) is 12.5 Å². The summed E-state index contributed by atoms with van der Waals surface area (Å²) in [4.78, 5) is 11.3. The van der Waals surface area contributed by atoms with E-state index in [1.54, 1.807) is 13.8 Å². The minimum atomic E-state index is 0.254. The van der Waals surface area contributed by atoms with Gasteiger partial charge in [0.1, 0.15) is 0 Å². The Hall–Kier alpha value is -2.73. The third-order valence-electron chi connectivity index (χ3n) is 3.59. The molecule has 0 aromatic carbocycles. The molecular weight excluding hydrogens is 318 g/mol. The summed E-state index contributed by atoms with van der Waals surface area (Å²) < 4.78 is 0. The number of amides is 1. The van der Waals surface area contributed by atoms with E-state index in [0.29, 0.717) is 0 Å². The van der Waals surface area contributed by atoms with Gasteiger partial charge in [0.15, 0.2) is 0 Å². The summed E-state index contributed by atoms with van der Waals surface area (Å²) in [7, 11) is 0. The van der Waals surface area contributed by atoms with Gasteiger partial charge in [-0.05, 0) is 74.1 Å². The predicted molar refractivity (Wildman–Crippen MR) is 109 cm³/mol. The summed E-state index contributed by atoms with van der Waals surface area (Å²) in [5.41, 5.74) is 0. The standard InChI is InChI=1S/C12H23NO.C12H6/c14-12-10-8-6-4-2-1-3-5-7-9-11-13-12;1-3-5-7-9-11-12-10-8-6-4-2/h1-11H2,(H,13,14);1-2H3. The Morgan fingerprint density at radius 2 is 0.962 bits per heavy atom. The second-order valence-electron chi connectivity index (χ2n) is 5.78. The summed E-state index contributed by atoms with van der Waals surface area (Å²) in [5.74, 6) is 25.8. The lowest BCUT2D eigenvalue weighted by Gasteiger charge is -2.03. The summed E-state index contributed by atoms with van der Waals surface area (Å²) in [6.45, 7) is 4.33. The zero-order valence-corrected chi connectivity index (χ0v) is 16.2. The van der Waals surface area contributed by atoms with Crippen LogP contribution in [0.3, 0.4) is 0 Å². The zero-order chi connectivity index (χ0) is 19.1. The molecule has 1 fully saturated rings. The van der Waals surface area contributed by atoms with E-state index in [2.05, 4.69) is 64.5 Å². The van der Waals surface area contributed by atoms with Crippen LogP contribution in [0, 0.1) is 59.2 Å². The average molecular weight is 348 g/mol. The Bertz CT molecular complexity index is 632. The van der Waals surface area contributed by atoms with Gasteiger partial charge >= 0.3 is 0 Å². The lowest BCUT2D eigenvalue weighted by atomic mass is 10.1. The van der Waals surface area contributed by atoms with Gasteiger partial charge in [0.05, 0.1) is 0 Å². The van der Waals surface area contributed by atoms with Gasteiger partial charge < -0.3 is 5.32 Å². The highest BCUT2D eigenvalue weighted by atomic mass is 16.1. The van der Waals surface area contributed by atoms with Crippen molar-refractivity contribution in [1.82, 2.24) is 5.32 Å². The average Bonchev–Trinajstić information content (AvgIpc) is 2.67. The predicted octanol–water partition coefficient (Wildman–Crippen LogP) is 4.06. The Kier molecular flexibility index (Phi) is 18.2. The molecule has 0 saturated carbocycles. The molecule has 26 heavy (non-hydrogen) atoms. The molecule has 0 radical (unpaired) electrons. The summed E-state index contributed by atoms with van der Waals surface area (Å²) >= 11 is 0. The van der Waals surface area contributed by atoms with Gasteiger partial charge in [-0.15, -0.1) is 0 Å². The third-order valence-corrected chi connectivity index (χ3v) is 3.59. The van der Waals surface area contributed by atoms with Crippen LogP contribution in [0.5, 0.6) is 0 Å². The number of nitrogens with one attached hydrogen (secondary N) is 1. The monoisotopic (exact) mass is 347 g/mol. The van der Waals surface area contributed by atoms with Crippen molar-refractivity contribution in [3.8, 4) is 59.2 Å². The van der Waals surface area contributed by atoms with Crippen LogP contribution >= 0.6 is 0 Å². The zero-order valence-electron chi connectivity index (χ0n) is 16.2. The molecule has 1 N–H and O–H groups in total. The molecule has 1 aliphatic rings. The van der Waals surface area contributed by atoms with Crippen molar-refractivity contribution >= 4 is 5.91 Å². The molecule has 136 valence electrons. The fourth-order valence-corrected chi connectivity index (χ4v) is 2.28. The van der Waals surface area contributed by atoms with Gasteiger partial charge in [-0.2, -0.15) is 0 Å². The van der Waals surface area contributed by atoms with Crippen molar-refractivity contribution in [2.24, 2.45) is 0 Å². The quantitative estimate of drug-likeness (QED) is 0.658. The number of carbonyl (C=O) groups excluding carboxylic acids is 1. The van der Waals surface area contributed by atoms with E-state index in [-0.39, 0.29) is 5.91 Å². The molecule has 0 atom stereocenters. The van der Waals surface area contributed by atoms with Crippen LogP contribution in [0.1, 0.15) is 78.1 Å². The maximum absolute atomic E-state index is 11.3. The molecule has 0 bridgehead atoms. The highest BCUT2D eigenvalue weighted by Crippen LogP contribution is 2.11. The number of hydrogen-bond donors (Lipinski definition) is 1. The SMILES string of the molecule is CC#CC#CC#CC#CC#CC.O=C1CCCCCCCCCCCN1. The molecule has 0 aromatic heterocycles. The van der Waals surface area contributed by atoms with E-state index in [1.165, 1.54) is 44.9 Å². The molecule has 0 unspecified atom stereocenters. The molecule has 0 aromatic rings. The first-order valence-electron chi connectivity index (χ1n) is 9.41. The van der Waals surface area contributed by atoms with Crippen molar-refractivity contribution in [3.05, 3.63) is 0 Å². The Balaban J connectivity index is 0.000000488. The minimum Gasteiger partial charge on any atom is -0.356 e. The smallest absolute Gasteiger partial charge is 0.219 e. The fraction of sp³-hybridized carbons (Fsp3) is 0.542. The molecule has 0 spiro atoms. The van der Waals surface area contributed by atoms with Gasteiger partial charge in [0.2, 0.25) is 5.91 Å². The van der Waals surface area contributed by atoms with Crippen molar-refractivity contribution in [2.75, 3.05) is 6.54 Å². The molecule has 0 aliphatic carbocycles. The van der Waals surface area contributed by atoms with Crippen LogP contribution in [0.25, 0.3) is 0 Å². The first-order valence-corrected chi connectivity index (χ1v) is 9.41. The molecular formula is C24H29NO. The van der Waals surface area contributed by atoms with E-state index >= 15 is 0 Å². The summed E-state index contributed by atoms with van der Waals surface area (Å²) in [6, 6.07) is 0. The van der Waals surface area contributed by atoms with Gasteiger partial charge in [-0.3, -0.25) is 4.79 Å². The van der Waals surface area contributed by atoms with Crippen molar-refractivity contribution in [2.45, 2.75) is 78.1 Å². The lowest BCUT2D eigenvalue weighted by Crippen LogP contribution is -2.23. The molecule has 1 heterocycles. The molecule has 1 rings (SSSR count). The summed E-state index contributed by atoms with van der Waals surface area (Å²) in [5, 5.41) is 2.98. The molecule has 2 nitrogen and oxygen atoms in total. The van der Waals surface area contributed by atoms with Crippen molar-refractivity contribution < 1.29 is 4.79 Å². The fourth-order valence-electron chi connectivity index (χ4n) is 2.28. The summed E-state index contributed by atoms with van der Waals surface area (Å²) in [6.07, 6.45) is 12.3. The lowest BCUT2D eigenvalue weighted by molar-refractivity contribution is -0.121. The van der Waals surface area contributed by atoms with Crippen LogP contribution in [-0.2, 0) is 4.79 Å². The first-order chi connectivity index (χ1) is 12.8. The molecule has 2 heteroatoms. The largest absolute Gasteiger partial charge is 0.356 e. The van der Waals surface area contributed by atoms with Crippen molar-refractivity contribution in [3.63, 3.8) is 0 Å². The molecule has 1 amide bonds. The highest BCUT2D eigenvalue weighted by Gasteiger charge is 2.01. The van der Waals surface area contributed by atoms with Crippen molar-refractivity contribution in [1.29, 1.82) is 0 Å². The first kappa shape index (κ1) is 23.3. The highest BCUT2D eigenvalue weighted by molar-refractivity contribution is 5.75. The Morgan fingerprint density at radius 3 is 1.42 bits per heavy atom. The number of rotatable bonds is 0. The van der Waals surface area contributed by atoms with Crippen LogP contribution in [0.2, 0.25) is 0 Å². The van der Waals surface area contributed by atoms with E-state index in [0.717, 1.165) is 25.8 Å². The minimum absolute atomic E-state index is 0.254. The van der Waals surface area contributed by atoms with Gasteiger partial charge in [-0.1, -0.05) is 56.8 Å². The number of carbonyl (C=O) groups is 1. The van der Waals surface area contributed by atoms with E-state index in [1.807, 2.05) is 0 Å². The second kappa shape index (κ2) is 20.3. The van der Waals surface area contributed by atoms with E-state index in [9.17, 15) is 4.79 Å². The van der Waals surface area contributed by atoms with Crippen LogP contribution in [0.15, 0.2) is 0 Å². The van der Waals surface area contributed by atoms with Crippen LogP contribution in [0.4, 0.5) is 0 Å². The van der Waals surface area contributed by atoms with Crippen LogP contribution < -0.4 is 5.32 Å². The van der Waals surface area contributed by atoms with Gasteiger partial charge in [0.25, 0.3) is 0 Å². The maximum Gasteiger partial charge on any atom is 0.219 e. The van der Waals surface area contributed by atoms with Gasteiger partial charge in [0, 0.05) is 13.0 Å².